The number of morpholine rings is 1. The Bertz CT molecular complexity index is 1210. The number of ether oxygens (including phenoxy) is 5. The number of aryl methyl sites for hydroxylation is 1. The van der Waals surface area contributed by atoms with E-state index >= 15 is 0 Å². The number of benzene rings is 2. The highest BCUT2D eigenvalue weighted by atomic mass is 35.5. The molecule has 1 saturated heterocycles. The molecule has 0 spiro atoms. The number of rotatable bonds is 4. The summed E-state index contributed by atoms with van der Waals surface area (Å²) in [7, 11) is 0. The van der Waals surface area contributed by atoms with Crippen molar-refractivity contribution >= 4 is 23.5 Å². The summed E-state index contributed by atoms with van der Waals surface area (Å²) in [6.45, 7) is 8.95. The van der Waals surface area contributed by atoms with Crippen molar-refractivity contribution in [2.45, 2.75) is 20.1 Å². The molecule has 4 aliphatic rings. The Morgan fingerprint density at radius 1 is 1.03 bits per heavy atom. The van der Waals surface area contributed by atoms with E-state index in [1.807, 2.05) is 19.1 Å². The SMILES string of the molecule is Cc1cc2c(c3c1C(=O)/C(=C/c1cc(Cl)cc4c1OCOC4)O3)CN(CCN1CCOCC1)CO2. The van der Waals surface area contributed by atoms with Crippen LogP contribution in [0.5, 0.6) is 17.2 Å². The standard InChI is InChI=1S/C26H27ClN2O6/c1-16-8-21-20(12-29(14-33-21)3-2-28-4-6-31-7-5-28)26-23(16)24(30)22(35-26)11-17-9-19(27)10-18-13-32-15-34-25(17)18/h8-11H,2-7,12-15H2,1H3/b22-11-. The summed E-state index contributed by atoms with van der Waals surface area (Å²) in [4.78, 5) is 18.1. The molecular weight excluding hydrogens is 472 g/mol. The lowest BCUT2D eigenvalue weighted by Gasteiger charge is -2.33. The van der Waals surface area contributed by atoms with Gasteiger partial charge in [0.1, 0.15) is 24.0 Å². The van der Waals surface area contributed by atoms with Gasteiger partial charge in [0.2, 0.25) is 5.78 Å². The van der Waals surface area contributed by atoms with E-state index < -0.39 is 0 Å². The van der Waals surface area contributed by atoms with Crippen molar-refractivity contribution in [3.63, 3.8) is 0 Å². The van der Waals surface area contributed by atoms with Gasteiger partial charge in [-0.15, -0.1) is 0 Å². The number of nitrogens with zero attached hydrogens (tertiary/aromatic N) is 2. The van der Waals surface area contributed by atoms with Crippen molar-refractivity contribution < 1.29 is 28.5 Å². The average molecular weight is 499 g/mol. The van der Waals surface area contributed by atoms with Gasteiger partial charge in [-0.1, -0.05) is 11.6 Å². The second-order valence-corrected chi connectivity index (χ2v) is 9.62. The molecule has 0 saturated carbocycles. The number of carbonyl (C=O) groups is 1. The Morgan fingerprint density at radius 2 is 1.86 bits per heavy atom. The van der Waals surface area contributed by atoms with Crippen molar-refractivity contribution in [1.82, 2.24) is 9.80 Å². The van der Waals surface area contributed by atoms with Gasteiger partial charge in [-0.05, 0) is 36.8 Å². The Balaban J connectivity index is 1.27. The second kappa shape index (κ2) is 9.44. The number of fused-ring (bicyclic) bond motifs is 4. The van der Waals surface area contributed by atoms with Gasteiger partial charge in [-0.25, -0.2) is 0 Å². The highest BCUT2D eigenvalue weighted by molar-refractivity contribution is 6.31. The van der Waals surface area contributed by atoms with Crippen LogP contribution in [0.3, 0.4) is 0 Å². The van der Waals surface area contributed by atoms with Crippen LogP contribution in [-0.2, 0) is 22.6 Å². The van der Waals surface area contributed by atoms with Gasteiger partial charge in [-0.3, -0.25) is 14.6 Å². The molecule has 4 heterocycles. The van der Waals surface area contributed by atoms with Gasteiger partial charge >= 0.3 is 0 Å². The quantitative estimate of drug-likeness (QED) is 0.592. The molecule has 0 atom stereocenters. The zero-order chi connectivity index (χ0) is 23.9. The molecular formula is C26H27ClN2O6. The number of ketones is 1. The lowest BCUT2D eigenvalue weighted by molar-refractivity contribution is -0.0165. The largest absolute Gasteiger partial charge is 0.478 e. The molecule has 8 nitrogen and oxygen atoms in total. The number of Topliss-reactive ketones (excluding diaryl/α,β-unsaturated/α-hetero) is 1. The van der Waals surface area contributed by atoms with Gasteiger partial charge in [0.15, 0.2) is 12.6 Å². The average Bonchev–Trinajstić information content (AvgIpc) is 3.20. The van der Waals surface area contributed by atoms with Gasteiger partial charge in [0.25, 0.3) is 0 Å². The molecule has 2 aromatic carbocycles. The molecule has 35 heavy (non-hydrogen) atoms. The summed E-state index contributed by atoms with van der Waals surface area (Å²) in [5.41, 5.74) is 3.88. The first kappa shape index (κ1) is 22.8. The fourth-order valence-electron chi connectivity index (χ4n) is 4.98. The van der Waals surface area contributed by atoms with Crippen LogP contribution in [0.2, 0.25) is 5.02 Å². The minimum absolute atomic E-state index is 0.147. The maximum Gasteiger partial charge on any atom is 0.232 e. The van der Waals surface area contributed by atoms with Crippen molar-refractivity contribution in [3.8, 4) is 17.2 Å². The zero-order valence-electron chi connectivity index (χ0n) is 19.6. The van der Waals surface area contributed by atoms with Crippen LogP contribution in [0.4, 0.5) is 0 Å². The molecule has 0 unspecified atom stereocenters. The Hall–Kier alpha value is -2.62. The van der Waals surface area contributed by atoms with Gasteiger partial charge in [0, 0.05) is 48.9 Å². The molecule has 0 N–H and O–H groups in total. The predicted octanol–water partition coefficient (Wildman–Crippen LogP) is 3.62. The number of allylic oxidation sites excluding steroid dienone is 1. The molecule has 2 aromatic rings. The van der Waals surface area contributed by atoms with Crippen LogP contribution in [0.15, 0.2) is 24.0 Å². The van der Waals surface area contributed by atoms with Crippen LogP contribution in [-0.4, -0.2) is 68.5 Å². The van der Waals surface area contributed by atoms with E-state index in [1.165, 1.54) is 0 Å². The lowest BCUT2D eigenvalue weighted by atomic mass is 9.98. The summed E-state index contributed by atoms with van der Waals surface area (Å²) in [6.07, 6.45) is 1.71. The fraction of sp³-hybridized carbons (Fsp3) is 0.423. The van der Waals surface area contributed by atoms with Crippen molar-refractivity contribution in [1.29, 1.82) is 0 Å². The fourth-order valence-corrected chi connectivity index (χ4v) is 5.23. The number of hydrogen-bond donors (Lipinski definition) is 0. The third kappa shape index (κ3) is 4.41. The van der Waals surface area contributed by atoms with Gasteiger partial charge in [0.05, 0.1) is 30.9 Å². The predicted molar refractivity (Wildman–Crippen MR) is 129 cm³/mol. The molecule has 9 heteroatoms. The van der Waals surface area contributed by atoms with Crippen LogP contribution < -0.4 is 14.2 Å². The number of hydrogen-bond acceptors (Lipinski definition) is 8. The first-order chi connectivity index (χ1) is 17.1. The maximum absolute atomic E-state index is 13.4. The molecule has 0 aliphatic carbocycles. The van der Waals surface area contributed by atoms with Crippen LogP contribution in [0, 0.1) is 6.92 Å². The topological polar surface area (TPSA) is 69.7 Å². The van der Waals surface area contributed by atoms with E-state index in [9.17, 15) is 4.79 Å². The van der Waals surface area contributed by atoms with Crippen LogP contribution >= 0.6 is 11.6 Å². The normalized spacial score (nSPS) is 21.1. The van der Waals surface area contributed by atoms with E-state index in [0.29, 0.717) is 47.5 Å². The van der Waals surface area contributed by atoms with Crippen molar-refractivity contribution in [3.05, 3.63) is 56.8 Å². The Morgan fingerprint density at radius 3 is 2.71 bits per heavy atom. The smallest absolute Gasteiger partial charge is 0.232 e. The maximum atomic E-state index is 13.4. The van der Waals surface area contributed by atoms with E-state index in [2.05, 4.69) is 9.80 Å². The molecule has 0 aromatic heterocycles. The summed E-state index contributed by atoms with van der Waals surface area (Å²) in [6, 6.07) is 5.53. The molecule has 4 aliphatic heterocycles. The van der Waals surface area contributed by atoms with Crippen LogP contribution in [0.1, 0.15) is 32.6 Å². The van der Waals surface area contributed by atoms with Crippen molar-refractivity contribution in [2.75, 3.05) is 52.9 Å². The first-order valence-electron chi connectivity index (χ1n) is 11.9. The minimum Gasteiger partial charge on any atom is -0.478 e. The zero-order valence-corrected chi connectivity index (χ0v) is 20.4. The minimum atomic E-state index is -0.147. The second-order valence-electron chi connectivity index (χ2n) is 9.19. The molecule has 1 fully saturated rings. The van der Waals surface area contributed by atoms with E-state index in [4.69, 9.17) is 35.3 Å². The molecule has 0 bridgehead atoms. The summed E-state index contributed by atoms with van der Waals surface area (Å²) in [5, 5.41) is 0.547. The Labute approximate surface area is 208 Å². The summed E-state index contributed by atoms with van der Waals surface area (Å²) >= 11 is 6.32. The Kier molecular flexibility index (Phi) is 6.16. The molecule has 6 rings (SSSR count). The van der Waals surface area contributed by atoms with Gasteiger partial charge in [-0.2, -0.15) is 0 Å². The van der Waals surface area contributed by atoms with E-state index in [0.717, 1.165) is 61.8 Å². The molecule has 0 radical (unpaired) electrons. The number of carbonyl (C=O) groups excluding carboxylic acids is 1. The summed E-state index contributed by atoms with van der Waals surface area (Å²) < 4.78 is 28.8. The monoisotopic (exact) mass is 498 g/mol. The van der Waals surface area contributed by atoms with Crippen LogP contribution in [0.25, 0.3) is 6.08 Å². The summed E-state index contributed by atoms with van der Waals surface area (Å²) in [5.74, 6) is 2.14. The lowest BCUT2D eigenvalue weighted by Crippen LogP contribution is -2.43. The third-order valence-corrected chi connectivity index (χ3v) is 7.03. The van der Waals surface area contributed by atoms with E-state index in [-0.39, 0.29) is 18.3 Å². The van der Waals surface area contributed by atoms with E-state index in [1.54, 1.807) is 12.1 Å². The number of halogens is 1. The third-order valence-electron chi connectivity index (χ3n) is 6.81. The van der Waals surface area contributed by atoms with Gasteiger partial charge < -0.3 is 23.7 Å². The highest BCUT2D eigenvalue weighted by Crippen LogP contribution is 2.44. The first-order valence-corrected chi connectivity index (χ1v) is 12.2. The molecule has 184 valence electrons. The highest BCUT2D eigenvalue weighted by Gasteiger charge is 2.36. The molecule has 0 amide bonds. The van der Waals surface area contributed by atoms with Crippen molar-refractivity contribution in [2.24, 2.45) is 0 Å².